The second-order valence-electron chi connectivity index (χ2n) is 6.73. The van der Waals surface area contributed by atoms with E-state index in [0.29, 0.717) is 17.1 Å². The van der Waals surface area contributed by atoms with Gasteiger partial charge in [-0.05, 0) is 31.1 Å². The summed E-state index contributed by atoms with van der Waals surface area (Å²) in [7, 11) is 0. The minimum absolute atomic E-state index is 0.246. The summed E-state index contributed by atoms with van der Waals surface area (Å²) in [6.45, 7) is 8.76. The number of aromatic nitrogens is 2. The van der Waals surface area contributed by atoms with Gasteiger partial charge in [0.1, 0.15) is 17.7 Å². The quantitative estimate of drug-likeness (QED) is 0.653. The van der Waals surface area contributed by atoms with Crippen LogP contribution in [0.5, 0.6) is 5.88 Å². The van der Waals surface area contributed by atoms with Gasteiger partial charge in [0.15, 0.2) is 0 Å². The zero-order valence-electron chi connectivity index (χ0n) is 12.9. The molecule has 0 saturated heterocycles. The second-order valence-corrected chi connectivity index (χ2v) is 6.73. The summed E-state index contributed by atoms with van der Waals surface area (Å²) in [5, 5.41) is 0. The Hall–Kier alpha value is -1.36. The molecule has 2 rings (SSSR count). The zero-order chi connectivity index (χ0) is 14.8. The number of nitrogens with two attached hydrogens (primary N) is 1. The Balaban J connectivity index is 2.07. The van der Waals surface area contributed by atoms with Crippen LogP contribution >= 0.6 is 0 Å². The first-order valence-corrected chi connectivity index (χ1v) is 7.42. The number of nitrogens with zero attached hydrogens (tertiary/aromatic N) is 2. The first-order chi connectivity index (χ1) is 9.39. The van der Waals surface area contributed by atoms with E-state index in [4.69, 9.17) is 10.6 Å². The van der Waals surface area contributed by atoms with E-state index in [9.17, 15) is 0 Å². The zero-order valence-corrected chi connectivity index (χ0v) is 12.9. The van der Waals surface area contributed by atoms with E-state index in [1.165, 1.54) is 12.8 Å². The Bertz CT molecular complexity index is 449. The molecule has 5 heteroatoms. The molecule has 1 saturated carbocycles. The molecule has 0 radical (unpaired) electrons. The molecule has 0 bridgehead atoms. The van der Waals surface area contributed by atoms with Crippen molar-refractivity contribution in [1.82, 2.24) is 9.97 Å². The molecule has 0 unspecified atom stereocenters. The number of hydrogen-bond donors (Lipinski definition) is 2. The lowest BCUT2D eigenvalue weighted by Crippen LogP contribution is -2.28. The van der Waals surface area contributed by atoms with Gasteiger partial charge < -0.3 is 10.2 Å². The predicted molar refractivity (Wildman–Crippen MR) is 80.6 cm³/mol. The van der Waals surface area contributed by atoms with Gasteiger partial charge in [0, 0.05) is 12.0 Å². The minimum atomic E-state index is 0.246. The molecule has 1 aliphatic rings. The molecule has 1 fully saturated rings. The SMILES string of the molecule is CC(C)c1nc(NN)cc(OC2CCC(C)(C)CC2)n1. The van der Waals surface area contributed by atoms with Gasteiger partial charge in [0.25, 0.3) is 0 Å². The summed E-state index contributed by atoms with van der Waals surface area (Å²) in [6.07, 6.45) is 4.81. The fraction of sp³-hybridized carbons (Fsp3) is 0.733. The van der Waals surface area contributed by atoms with Crippen LogP contribution in [-0.2, 0) is 0 Å². The second kappa shape index (κ2) is 5.95. The maximum Gasteiger partial charge on any atom is 0.219 e. The number of ether oxygens (including phenoxy) is 1. The normalized spacial score (nSPS) is 19.1. The highest BCUT2D eigenvalue weighted by Crippen LogP contribution is 2.36. The standard InChI is InChI=1S/C15H26N4O/c1-10(2)14-17-12(19-16)9-13(18-14)20-11-5-7-15(3,4)8-6-11/h9-11H,5-8,16H2,1-4H3,(H,17,18,19). The van der Waals surface area contributed by atoms with E-state index >= 15 is 0 Å². The maximum atomic E-state index is 6.04. The molecule has 0 spiro atoms. The molecule has 1 aromatic heterocycles. The first kappa shape index (κ1) is 15.0. The highest BCUT2D eigenvalue weighted by molar-refractivity contribution is 5.37. The number of anilines is 1. The number of nitrogen functional groups attached to an aromatic ring is 1. The van der Waals surface area contributed by atoms with Crippen LogP contribution in [0.4, 0.5) is 5.82 Å². The van der Waals surface area contributed by atoms with Crippen molar-refractivity contribution in [3.05, 3.63) is 11.9 Å². The van der Waals surface area contributed by atoms with E-state index in [-0.39, 0.29) is 12.0 Å². The van der Waals surface area contributed by atoms with E-state index in [2.05, 4.69) is 43.1 Å². The molecule has 0 aromatic carbocycles. The van der Waals surface area contributed by atoms with Gasteiger partial charge in [-0.1, -0.05) is 27.7 Å². The third-order valence-electron chi connectivity index (χ3n) is 3.96. The molecule has 1 aromatic rings. The molecule has 1 aliphatic carbocycles. The summed E-state index contributed by atoms with van der Waals surface area (Å²) < 4.78 is 6.04. The van der Waals surface area contributed by atoms with E-state index in [1.54, 1.807) is 6.07 Å². The summed E-state index contributed by atoms with van der Waals surface area (Å²) >= 11 is 0. The van der Waals surface area contributed by atoms with E-state index in [0.717, 1.165) is 18.7 Å². The number of hydrogen-bond acceptors (Lipinski definition) is 5. The van der Waals surface area contributed by atoms with Crippen molar-refractivity contribution in [3.63, 3.8) is 0 Å². The highest BCUT2D eigenvalue weighted by Gasteiger charge is 2.28. The highest BCUT2D eigenvalue weighted by atomic mass is 16.5. The minimum Gasteiger partial charge on any atom is -0.474 e. The number of hydrazine groups is 1. The van der Waals surface area contributed by atoms with Gasteiger partial charge in [0.05, 0.1) is 0 Å². The number of rotatable bonds is 4. The smallest absolute Gasteiger partial charge is 0.219 e. The Morgan fingerprint density at radius 3 is 2.50 bits per heavy atom. The summed E-state index contributed by atoms with van der Waals surface area (Å²) in [5.74, 6) is 7.70. The van der Waals surface area contributed by atoms with Gasteiger partial charge in [-0.25, -0.2) is 10.8 Å². The van der Waals surface area contributed by atoms with Crippen molar-refractivity contribution in [2.24, 2.45) is 11.3 Å². The summed E-state index contributed by atoms with van der Waals surface area (Å²) in [5.41, 5.74) is 3.02. The molecule has 0 atom stereocenters. The third-order valence-corrected chi connectivity index (χ3v) is 3.96. The van der Waals surface area contributed by atoms with Crippen LogP contribution in [0.3, 0.4) is 0 Å². The average Bonchev–Trinajstić information content (AvgIpc) is 2.41. The predicted octanol–water partition coefficient (Wildman–Crippen LogP) is 3.23. The molecular weight excluding hydrogens is 252 g/mol. The summed E-state index contributed by atoms with van der Waals surface area (Å²) in [6, 6.07) is 1.77. The van der Waals surface area contributed by atoms with Crippen LogP contribution in [-0.4, -0.2) is 16.1 Å². The van der Waals surface area contributed by atoms with Crippen LogP contribution in [0.25, 0.3) is 0 Å². The lowest BCUT2D eigenvalue weighted by atomic mass is 9.76. The number of nitrogens with one attached hydrogen (secondary N) is 1. The van der Waals surface area contributed by atoms with Crippen molar-refractivity contribution in [3.8, 4) is 5.88 Å². The van der Waals surface area contributed by atoms with Crippen LogP contribution in [0.2, 0.25) is 0 Å². The third kappa shape index (κ3) is 3.82. The van der Waals surface area contributed by atoms with Gasteiger partial charge in [-0.3, -0.25) is 0 Å². The van der Waals surface area contributed by atoms with E-state index in [1.807, 2.05) is 0 Å². The van der Waals surface area contributed by atoms with E-state index < -0.39 is 0 Å². The van der Waals surface area contributed by atoms with Crippen molar-refractivity contribution in [2.45, 2.75) is 65.4 Å². The Morgan fingerprint density at radius 2 is 1.95 bits per heavy atom. The average molecular weight is 278 g/mol. The fourth-order valence-electron chi connectivity index (χ4n) is 2.50. The lowest BCUT2D eigenvalue weighted by molar-refractivity contribution is 0.0945. The molecule has 5 nitrogen and oxygen atoms in total. The molecule has 0 aliphatic heterocycles. The molecule has 3 N–H and O–H groups in total. The van der Waals surface area contributed by atoms with Gasteiger partial charge in [0.2, 0.25) is 5.88 Å². The van der Waals surface area contributed by atoms with Crippen LogP contribution in [0.1, 0.15) is 65.1 Å². The van der Waals surface area contributed by atoms with Gasteiger partial charge >= 0.3 is 0 Å². The van der Waals surface area contributed by atoms with Crippen molar-refractivity contribution in [1.29, 1.82) is 0 Å². The molecule has 20 heavy (non-hydrogen) atoms. The maximum absolute atomic E-state index is 6.04. The lowest BCUT2D eigenvalue weighted by Gasteiger charge is -2.34. The fourth-order valence-corrected chi connectivity index (χ4v) is 2.50. The van der Waals surface area contributed by atoms with Crippen LogP contribution in [0.15, 0.2) is 6.07 Å². The molecule has 1 heterocycles. The summed E-state index contributed by atoms with van der Waals surface area (Å²) in [4.78, 5) is 8.82. The molecular formula is C15H26N4O. The van der Waals surface area contributed by atoms with Crippen molar-refractivity contribution < 1.29 is 4.74 Å². The molecule has 112 valence electrons. The van der Waals surface area contributed by atoms with Crippen molar-refractivity contribution in [2.75, 3.05) is 5.43 Å². The largest absolute Gasteiger partial charge is 0.474 e. The van der Waals surface area contributed by atoms with Crippen LogP contribution in [0, 0.1) is 5.41 Å². The topological polar surface area (TPSA) is 73.1 Å². The van der Waals surface area contributed by atoms with Crippen LogP contribution < -0.4 is 16.0 Å². The first-order valence-electron chi connectivity index (χ1n) is 7.42. The van der Waals surface area contributed by atoms with Crippen molar-refractivity contribution >= 4 is 5.82 Å². The Kier molecular flexibility index (Phi) is 4.48. The Labute approximate surface area is 121 Å². The Morgan fingerprint density at radius 1 is 1.30 bits per heavy atom. The van der Waals surface area contributed by atoms with Gasteiger partial charge in [-0.2, -0.15) is 4.98 Å². The monoisotopic (exact) mass is 278 g/mol. The molecule has 0 amide bonds. The van der Waals surface area contributed by atoms with Gasteiger partial charge in [-0.15, -0.1) is 0 Å².